The summed E-state index contributed by atoms with van der Waals surface area (Å²) in [6.07, 6.45) is 0.129. The van der Waals surface area contributed by atoms with E-state index in [0.29, 0.717) is 26.3 Å². The SMILES string of the molecule is CC(C)(C#N)NC(=O)[C@@H]1C[C@@H](S(=O)(=O)c2ccccc2)C[C@H]1C(=O)N1CCOCC1. The number of carbonyl (C=O) groups is 2. The molecule has 1 saturated carbocycles. The van der Waals surface area contributed by atoms with Crippen LogP contribution >= 0.6 is 0 Å². The molecule has 3 atom stereocenters. The summed E-state index contributed by atoms with van der Waals surface area (Å²) in [4.78, 5) is 28.0. The molecular weight excluding hydrogens is 406 g/mol. The van der Waals surface area contributed by atoms with Crippen LogP contribution in [0.2, 0.25) is 0 Å². The van der Waals surface area contributed by atoms with Crippen LogP contribution in [0.25, 0.3) is 0 Å². The Hall–Kier alpha value is -2.44. The predicted molar refractivity (Wildman–Crippen MR) is 109 cm³/mol. The molecule has 30 heavy (non-hydrogen) atoms. The quantitative estimate of drug-likeness (QED) is 0.744. The summed E-state index contributed by atoms with van der Waals surface area (Å²) in [5, 5.41) is 11.1. The minimum atomic E-state index is -3.69. The number of carbonyl (C=O) groups excluding carboxylic acids is 2. The van der Waals surface area contributed by atoms with Crippen LogP contribution in [0.4, 0.5) is 0 Å². The second-order valence-electron chi connectivity index (χ2n) is 8.33. The lowest BCUT2D eigenvalue weighted by Gasteiger charge is -2.31. The molecule has 1 saturated heterocycles. The molecule has 0 unspecified atom stereocenters. The van der Waals surface area contributed by atoms with Crippen LogP contribution in [0.15, 0.2) is 35.2 Å². The fourth-order valence-electron chi connectivity index (χ4n) is 4.06. The van der Waals surface area contributed by atoms with Crippen LogP contribution in [-0.2, 0) is 24.2 Å². The van der Waals surface area contributed by atoms with Gasteiger partial charge in [0.05, 0.1) is 41.3 Å². The standard InChI is InChI=1S/C21H27N3O5S/c1-21(2,14-22)23-19(25)17-12-16(30(27,28)15-6-4-3-5-7-15)13-18(17)20(26)24-8-10-29-11-9-24/h3-7,16-18H,8-13H2,1-2H3,(H,23,25)/t16-,17-,18-/m1/s1. The summed E-state index contributed by atoms with van der Waals surface area (Å²) in [7, 11) is -3.69. The Labute approximate surface area is 177 Å². The number of nitrogens with zero attached hydrogens (tertiary/aromatic N) is 2. The van der Waals surface area contributed by atoms with Gasteiger partial charge in [0.1, 0.15) is 5.54 Å². The van der Waals surface area contributed by atoms with Crippen LogP contribution < -0.4 is 5.32 Å². The smallest absolute Gasteiger partial charge is 0.226 e. The van der Waals surface area contributed by atoms with Gasteiger partial charge < -0.3 is 15.0 Å². The number of amides is 2. The number of nitriles is 1. The van der Waals surface area contributed by atoms with E-state index in [2.05, 4.69) is 5.32 Å². The molecule has 3 rings (SSSR count). The molecule has 2 fully saturated rings. The zero-order valence-corrected chi connectivity index (χ0v) is 18.0. The third-order valence-electron chi connectivity index (χ3n) is 5.72. The molecule has 0 spiro atoms. The highest BCUT2D eigenvalue weighted by Crippen LogP contribution is 2.40. The van der Waals surface area contributed by atoms with Gasteiger partial charge in [0, 0.05) is 13.1 Å². The number of sulfone groups is 1. The van der Waals surface area contributed by atoms with Gasteiger partial charge in [0.15, 0.2) is 9.84 Å². The molecule has 9 heteroatoms. The lowest BCUT2D eigenvalue weighted by molar-refractivity contribution is -0.144. The van der Waals surface area contributed by atoms with Crippen LogP contribution in [-0.4, -0.2) is 62.2 Å². The first-order chi connectivity index (χ1) is 14.2. The third-order valence-corrected chi connectivity index (χ3v) is 7.91. The van der Waals surface area contributed by atoms with Crippen molar-refractivity contribution >= 4 is 21.7 Å². The Kier molecular flexibility index (Phi) is 6.48. The highest BCUT2D eigenvalue weighted by atomic mass is 32.2. The average Bonchev–Trinajstić information content (AvgIpc) is 3.21. The topological polar surface area (TPSA) is 117 Å². The first-order valence-electron chi connectivity index (χ1n) is 10.0. The zero-order valence-electron chi connectivity index (χ0n) is 17.2. The number of hydrogen-bond acceptors (Lipinski definition) is 6. The number of morpholine rings is 1. The van der Waals surface area contributed by atoms with E-state index in [1.807, 2.05) is 6.07 Å². The fraction of sp³-hybridized carbons (Fsp3) is 0.571. The normalized spacial score (nSPS) is 24.8. The van der Waals surface area contributed by atoms with Crippen molar-refractivity contribution in [3.63, 3.8) is 0 Å². The van der Waals surface area contributed by atoms with E-state index in [1.54, 1.807) is 36.9 Å². The maximum Gasteiger partial charge on any atom is 0.226 e. The minimum absolute atomic E-state index is 0.0469. The summed E-state index contributed by atoms with van der Waals surface area (Å²) >= 11 is 0. The Balaban J connectivity index is 1.88. The van der Waals surface area contributed by atoms with Crippen molar-refractivity contribution < 1.29 is 22.7 Å². The van der Waals surface area contributed by atoms with Crippen LogP contribution in [0.5, 0.6) is 0 Å². The lowest BCUT2D eigenvalue weighted by atomic mass is 9.92. The number of nitrogens with one attached hydrogen (secondary N) is 1. The van der Waals surface area contributed by atoms with E-state index in [1.165, 1.54) is 12.1 Å². The van der Waals surface area contributed by atoms with Gasteiger partial charge >= 0.3 is 0 Å². The molecule has 0 bridgehead atoms. The van der Waals surface area contributed by atoms with Gasteiger partial charge in [0.25, 0.3) is 0 Å². The van der Waals surface area contributed by atoms with Crippen LogP contribution in [0.1, 0.15) is 26.7 Å². The van der Waals surface area contributed by atoms with Crippen molar-refractivity contribution in [2.24, 2.45) is 11.8 Å². The number of hydrogen-bond donors (Lipinski definition) is 1. The summed E-state index contributed by atoms with van der Waals surface area (Å²) in [6, 6.07) is 10.1. The first kappa shape index (κ1) is 22.2. The number of rotatable bonds is 5. The maximum atomic E-state index is 13.2. The average molecular weight is 434 g/mol. The second kappa shape index (κ2) is 8.74. The van der Waals surface area contributed by atoms with Crippen molar-refractivity contribution in [2.75, 3.05) is 26.3 Å². The van der Waals surface area contributed by atoms with Crippen molar-refractivity contribution in [3.8, 4) is 6.07 Å². The van der Waals surface area contributed by atoms with Gasteiger partial charge in [-0.25, -0.2) is 8.42 Å². The van der Waals surface area contributed by atoms with Gasteiger partial charge in [-0.05, 0) is 38.8 Å². The minimum Gasteiger partial charge on any atom is -0.378 e. The van der Waals surface area contributed by atoms with Gasteiger partial charge in [-0.1, -0.05) is 18.2 Å². The molecule has 8 nitrogen and oxygen atoms in total. The van der Waals surface area contributed by atoms with Gasteiger partial charge in [-0.15, -0.1) is 0 Å². The summed E-state index contributed by atoms with van der Waals surface area (Å²) < 4.78 is 31.6. The molecule has 0 radical (unpaired) electrons. The lowest BCUT2D eigenvalue weighted by Crippen LogP contribution is -2.49. The molecule has 1 aromatic carbocycles. The van der Waals surface area contributed by atoms with E-state index in [4.69, 9.17) is 4.74 Å². The van der Waals surface area contributed by atoms with Crippen molar-refractivity contribution in [1.29, 1.82) is 5.26 Å². The molecule has 1 N–H and O–H groups in total. The van der Waals surface area contributed by atoms with Gasteiger partial charge in [0.2, 0.25) is 11.8 Å². The molecule has 1 aliphatic carbocycles. The van der Waals surface area contributed by atoms with Gasteiger partial charge in [-0.2, -0.15) is 5.26 Å². The summed E-state index contributed by atoms with van der Waals surface area (Å²) in [6.45, 7) is 4.81. The Morgan fingerprint density at radius 3 is 2.33 bits per heavy atom. The predicted octanol–water partition coefficient (Wildman–Crippen LogP) is 1.13. The zero-order chi connectivity index (χ0) is 21.9. The fourth-order valence-corrected chi connectivity index (χ4v) is 5.90. The monoisotopic (exact) mass is 433 g/mol. The van der Waals surface area contributed by atoms with Crippen molar-refractivity contribution in [2.45, 2.75) is 42.4 Å². The van der Waals surface area contributed by atoms with E-state index in [-0.39, 0.29) is 23.6 Å². The Morgan fingerprint density at radius 2 is 1.73 bits per heavy atom. The molecular formula is C21H27N3O5S. The second-order valence-corrected chi connectivity index (χ2v) is 10.6. The van der Waals surface area contributed by atoms with E-state index >= 15 is 0 Å². The molecule has 2 amide bonds. The highest BCUT2D eigenvalue weighted by molar-refractivity contribution is 7.92. The third kappa shape index (κ3) is 4.65. The maximum absolute atomic E-state index is 13.2. The highest BCUT2D eigenvalue weighted by Gasteiger charge is 2.49. The molecule has 162 valence electrons. The van der Waals surface area contributed by atoms with Crippen molar-refractivity contribution in [1.82, 2.24) is 10.2 Å². The number of benzene rings is 1. The molecule has 1 heterocycles. The van der Waals surface area contributed by atoms with Crippen LogP contribution in [0, 0.1) is 23.2 Å². The van der Waals surface area contributed by atoms with Gasteiger partial charge in [-0.3, -0.25) is 9.59 Å². The summed E-state index contributed by atoms with van der Waals surface area (Å²) in [5.74, 6) is -2.24. The van der Waals surface area contributed by atoms with Crippen LogP contribution in [0.3, 0.4) is 0 Å². The molecule has 2 aliphatic rings. The summed E-state index contributed by atoms with van der Waals surface area (Å²) in [5.41, 5.74) is -1.11. The molecule has 1 aromatic rings. The molecule has 0 aromatic heterocycles. The van der Waals surface area contributed by atoms with E-state index in [0.717, 1.165) is 0 Å². The van der Waals surface area contributed by atoms with E-state index in [9.17, 15) is 23.3 Å². The molecule has 1 aliphatic heterocycles. The van der Waals surface area contributed by atoms with Crippen molar-refractivity contribution in [3.05, 3.63) is 30.3 Å². The Morgan fingerprint density at radius 1 is 1.13 bits per heavy atom. The van der Waals surface area contributed by atoms with E-state index < -0.39 is 38.4 Å². The first-order valence-corrected chi connectivity index (χ1v) is 11.6. The number of ether oxygens (including phenoxy) is 1. The Bertz CT molecular complexity index is 933. The largest absolute Gasteiger partial charge is 0.378 e.